The zero-order chi connectivity index (χ0) is 27.7. The summed E-state index contributed by atoms with van der Waals surface area (Å²) in [5.74, 6) is -0.790. The third kappa shape index (κ3) is 5.77. The normalized spacial score (nSPS) is 26.8. The van der Waals surface area contributed by atoms with Crippen molar-refractivity contribution in [3.8, 4) is 0 Å². The van der Waals surface area contributed by atoms with E-state index in [9.17, 15) is 0 Å². The van der Waals surface area contributed by atoms with E-state index in [0.29, 0.717) is 6.61 Å². The minimum atomic E-state index is -2.74. The van der Waals surface area contributed by atoms with Gasteiger partial charge in [0.15, 0.2) is 12.1 Å². The van der Waals surface area contributed by atoms with Gasteiger partial charge in [0.05, 0.1) is 11.9 Å². The van der Waals surface area contributed by atoms with Crippen LogP contribution in [0.4, 0.5) is 0 Å². The number of benzene rings is 3. The molecule has 0 N–H and O–H groups in total. The van der Waals surface area contributed by atoms with Crippen molar-refractivity contribution in [2.24, 2.45) is 0 Å². The summed E-state index contributed by atoms with van der Waals surface area (Å²) < 4.78 is 32.7. The molecule has 2 aliphatic heterocycles. The van der Waals surface area contributed by atoms with Crippen molar-refractivity contribution < 1.29 is 23.4 Å². The van der Waals surface area contributed by atoms with Crippen LogP contribution in [0.15, 0.2) is 95.9 Å². The summed E-state index contributed by atoms with van der Waals surface area (Å²) in [4.78, 5) is 1.15. The van der Waals surface area contributed by atoms with Gasteiger partial charge in [-0.3, -0.25) is 0 Å². The van der Waals surface area contributed by atoms with Crippen LogP contribution in [0.5, 0.6) is 0 Å². The molecule has 0 unspecified atom stereocenters. The predicted octanol–water partition coefficient (Wildman–Crippen LogP) is 5.62. The van der Waals surface area contributed by atoms with E-state index in [-0.39, 0.29) is 28.6 Å². The molecule has 0 amide bonds. The highest BCUT2D eigenvalue weighted by Gasteiger charge is 2.57. The summed E-state index contributed by atoms with van der Waals surface area (Å²) in [5.41, 5.74) is 0. The summed E-state index contributed by atoms with van der Waals surface area (Å²) >= 11 is 1.73. The summed E-state index contributed by atoms with van der Waals surface area (Å²) in [7, 11) is -1.04. The molecule has 2 fully saturated rings. The molecule has 3 aromatic carbocycles. The van der Waals surface area contributed by atoms with Gasteiger partial charge in [0.1, 0.15) is 18.3 Å². The molecule has 7 heteroatoms. The number of fused-ring (bicyclic) bond motifs is 1. The van der Waals surface area contributed by atoms with Gasteiger partial charge in [0.2, 0.25) is 0 Å². The lowest BCUT2D eigenvalue weighted by Gasteiger charge is -2.47. The number of methoxy groups -OCH3 is 1. The standard InChI is InChI=1S/C32H40O5SSi/c1-31(2,3)39(24-18-12-8-13-19-24,25-20-14-9-15-21-25)34-22-26-27-28(37-32(4,5)36-26)29(30(33-6)35-27)38-23-16-10-7-11-17-23/h7-21,26-30H,22H2,1-6H3/t26-,27-,28+,29-,30+/m1/s1. The van der Waals surface area contributed by atoms with Crippen LogP contribution in [0.1, 0.15) is 34.6 Å². The van der Waals surface area contributed by atoms with Crippen LogP contribution in [0.25, 0.3) is 0 Å². The van der Waals surface area contributed by atoms with E-state index < -0.39 is 20.4 Å². The lowest BCUT2D eigenvalue weighted by Crippen LogP contribution is -2.68. The van der Waals surface area contributed by atoms with Crippen LogP contribution in [0, 0.1) is 0 Å². The minimum absolute atomic E-state index is 0.0408. The van der Waals surface area contributed by atoms with Crippen molar-refractivity contribution in [3.63, 3.8) is 0 Å². The first-order valence-corrected chi connectivity index (χ1v) is 16.4. The molecule has 0 aromatic heterocycles. The molecule has 39 heavy (non-hydrogen) atoms. The van der Waals surface area contributed by atoms with Crippen LogP contribution in [-0.4, -0.2) is 57.7 Å². The fourth-order valence-corrected chi connectivity index (χ4v) is 11.8. The van der Waals surface area contributed by atoms with E-state index in [1.54, 1.807) is 18.9 Å². The fourth-order valence-electron chi connectivity index (χ4n) is 5.94. The third-order valence-electron chi connectivity index (χ3n) is 7.56. The van der Waals surface area contributed by atoms with Gasteiger partial charge < -0.3 is 23.4 Å². The Balaban J connectivity index is 1.48. The van der Waals surface area contributed by atoms with Crippen molar-refractivity contribution in [1.82, 2.24) is 0 Å². The average molecular weight is 565 g/mol. The van der Waals surface area contributed by atoms with Gasteiger partial charge in [-0.25, -0.2) is 0 Å². The van der Waals surface area contributed by atoms with Crippen molar-refractivity contribution in [3.05, 3.63) is 91.0 Å². The number of hydrogen-bond donors (Lipinski definition) is 0. The molecule has 2 aliphatic rings. The highest BCUT2D eigenvalue weighted by atomic mass is 32.2. The Hall–Kier alpha value is -1.97. The second kappa shape index (κ2) is 11.5. The molecule has 5 atom stereocenters. The zero-order valence-electron chi connectivity index (χ0n) is 23.7. The Labute approximate surface area is 238 Å². The molecular weight excluding hydrogens is 525 g/mol. The largest absolute Gasteiger partial charge is 0.405 e. The molecule has 5 rings (SSSR count). The Morgan fingerprint density at radius 3 is 1.85 bits per heavy atom. The molecule has 0 bridgehead atoms. The van der Waals surface area contributed by atoms with Gasteiger partial charge in [-0.15, -0.1) is 11.8 Å². The Morgan fingerprint density at radius 2 is 1.33 bits per heavy atom. The van der Waals surface area contributed by atoms with E-state index in [1.807, 2.05) is 32.0 Å². The van der Waals surface area contributed by atoms with Crippen molar-refractivity contribution in [1.29, 1.82) is 0 Å². The Kier molecular flexibility index (Phi) is 8.41. The number of thioether (sulfide) groups is 1. The van der Waals surface area contributed by atoms with E-state index in [0.717, 1.165) is 4.90 Å². The number of hydrogen-bond acceptors (Lipinski definition) is 6. The first kappa shape index (κ1) is 28.6. The molecule has 3 aromatic rings. The van der Waals surface area contributed by atoms with E-state index in [1.165, 1.54) is 10.4 Å². The van der Waals surface area contributed by atoms with Gasteiger partial charge in [0, 0.05) is 12.0 Å². The molecule has 0 spiro atoms. The summed E-state index contributed by atoms with van der Waals surface area (Å²) in [6.07, 6.45) is -1.27. The molecule has 0 radical (unpaired) electrons. The molecular formula is C32H40O5SSi. The lowest BCUT2D eigenvalue weighted by atomic mass is 10.0. The SMILES string of the molecule is CO[C@H]1O[C@H]2[C@H](OC(C)(C)O[C@@H]2CO[Si](c2ccccc2)(c2ccccc2)C(C)(C)C)[C@H]1Sc1ccccc1. The Bertz CT molecular complexity index is 1160. The van der Waals surface area contributed by atoms with Crippen LogP contribution in [-0.2, 0) is 23.4 Å². The van der Waals surface area contributed by atoms with Crippen molar-refractivity contribution in [2.75, 3.05) is 13.7 Å². The van der Waals surface area contributed by atoms with Crippen LogP contribution >= 0.6 is 11.8 Å². The first-order chi connectivity index (χ1) is 18.6. The van der Waals surface area contributed by atoms with Crippen molar-refractivity contribution in [2.45, 2.75) is 80.2 Å². The zero-order valence-corrected chi connectivity index (χ0v) is 25.5. The molecule has 0 aliphatic carbocycles. The lowest BCUT2D eigenvalue weighted by molar-refractivity contribution is -0.327. The van der Waals surface area contributed by atoms with Gasteiger partial charge in [-0.05, 0) is 41.4 Å². The third-order valence-corrected chi connectivity index (χ3v) is 13.9. The quantitative estimate of drug-likeness (QED) is 0.331. The number of rotatable bonds is 8. The molecule has 2 heterocycles. The predicted molar refractivity (Wildman–Crippen MR) is 159 cm³/mol. The number of ether oxygens (including phenoxy) is 4. The van der Waals surface area contributed by atoms with Crippen molar-refractivity contribution >= 4 is 30.5 Å². The maximum atomic E-state index is 7.26. The molecule has 2 saturated heterocycles. The molecule has 5 nitrogen and oxygen atoms in total. The first-order valence-electron chi connectivity index (χ1n) is 13.7. The minimum Gasteiger partial charge on any atom is -0.405 e. The van der Waals surface area contributed by atoms with E-state index in [4.69, 9.17) is 23.4 Å². The topological polar surface area (TPSA) is 46.2 Å². The summed E-state index contributed by atoms with van der Waals surface area (Å²) in [6.45, 7) is 11.2. The fraction of sp³-hybridized carbons (Fsp3) is 0.438. The van der Waals surface area contributed by atoms with E-state index in [2.05, 4.69) is 93.6 Å². The van der Waals surface area contributed by atoms with Gasteiger partial charge >= 0.3 is 0 Å². The van der Waals surface area contributed by atoms with Crippen LogP contribution in [0.2, 0.25) is 5.04 Å². The summed E-state index contributed by atoms with van der Waals surface area (Å²) in [6, 6.07) is 31.7. The van der Waals surface area contributed by atoms with Crippen LogP contribution in [0.3, 0.4) is 0 Å². The highest BCUT2D eigenvalue weighted by molar-refractivity contribution is 8.00. The second-order valence-corrected chi connectivity index (χ2v) is 17.3. The Morgan fingerprint density at radius 1 is 0.795 bits per heavy atom. The van der Waals surface area contributed by atoms with Gasteiger partial charge in [-0.1, -0.05) is 99.6 Å². The van der Waals surface area contributed by atoms with Crippen LogP contribution < -0.4 is 10.4 Å². The van der Waals surface area contributed by atoms with Gasteiger partial charge in [0.25, 0.3) is 8.32 Å². The maximum Gasteiger partial charge on any atom is 0.261 e. The molecule has 0 saturated carbocycles. The monoisotopic (exact) mass is 564 g/mol. The second-order valence-electron chi connectivity index (χ2n) is 11.7. The smallest absolute Gasteiger partial charge is 0.261 e. The van der Waals surface area contributed by atoms with Gasteiger partial charge in [-0.2, -0.15) is 0 Å². The highest BCUT2D eigenvalue weighted by Crippen LogP contribution is 2.45. The van der Waals surface area contributed by atoms with E-state index >= 15 is 0 Å². The summed E-state index contributed by atoms with van der Waals surface area (Å²) in [5, 5.41) is 2.31. The average Bonchev–Trinajstić information content (AvgIpc) is 3.26. The molecule has 208 valence electrons. The maximum absolute atomic E-state index is 7.26.